The first-order valence-electron chi connectivity index (χ1n) is 6.68. The topological polar surface area (TPSA) is 55.1 Å². The fraction of sp³-hybridized carbons (Fsp3) is 0.333. The van der Waals surface area contributed by atoms with E-state index in [1.807, 2.05) is 13.8 Å². The van der Waals surface area contributed by atoms with Crippen LogP contribution in [0.25, 0.3) is 0 Å². The first-order valence-corrected chi connectivity index (χ1v) is 8.25. The number of nitrogens with zero attached hydrogens (tertiary/aromatic N) is 2. The van der Waals surface area contributed by atoms with E-state index in [0.717, 1.165) is 0 Å². The SMILES string of the molecule is CC(C)c1cc(Sc2c(Cl)cc(CO)cc2Cl)nn(C)c1=O. The van der Waals surface area contributed by atoms with Gasteiger partial charge in [-0.25, -0.2) is 4.68 Å². The number of aliphatic hydroxyl groups excluding tert-OH is 1. The molecule has 4 nitrogen and oxygen atoms in total. The van der Waals surface area contributed by atoms with Gasteiger partial charge in [0.1, 0.15) is 5.03 Å². The maximum absolute atomic E-state index is 12.0. The Morgan fingerprint density at radius 2 is 1.86 bits per heavy atom. The second-order valence-electron chi connectivity index (χ2n) is 5.17. The molecule has 0 unspecified atom stereocenters. The second-order valence-corrected chi connectivity index (χ2v) is 7.02. The third-order valence-corrected chi connectivity index (χ3v) is 5.01. The molecule has 0 amide bonds. The van der Waals surface area contributed by atoms with Gasteiger partial charge in [0, 0.05) is 12.6 Å². The Morgan fingerprint density at radius 3 is 2.36 bits per heavy atom. The summed E-state index contributed by atoms with van der Waals surface area (Å²) in [5, 5.41) is 14.9. The van der Waals surface area contributed by atoms with Crippen molar-refractivity contribution in [3.05, 3.63) is 49.7 Å². The zero-order chi connectivity index (χ0) is 16.4. The molecule has 0 aliphatic carbocycles. The van der Waals surface area contributed by atoms with E-state index in [2.05, 4.69) is 5.10 Å². The van der Waals surface area contributed by atoms with Crippen LogP contribution in [0.4, 0.5) is 0 Å². The van der Waals surface area contributed by atoms with E-state index in [0.29, 0.717) is 31.1 Å². The zero-order valence-electron chi connectivity index (χ0n) is 12.4. The summed E-state index contributed by atoms with van der Waals surface area (Å²) in [4.78, 5) is 12.7. The monoisotopic (exact) mass is 358 g/mol. The van der Waals surface area contributed by atoms with Crippen LogP contribution >= 0.6 is 35.0 Å². The third kappa shape index (κ3) is 3.66. The Hall–Kier alpha value is -1.01. The number of rotatable bonds is 4. The minimum atomic E-state index is -0.125. The summed E-state index contributed by atoms with van der Waals surface area (Å²) in [6.07, 6.45) is 0. The lowest BCUT2D eigenvalue weighted by Gasteiger charge is -2.11. The van der Waals surface area contributed by atoms with Gasteiger partial charge in [-0.05, 0) is 29.7 Å². The van der Waals surface area contributed by atoms with Gasteiger partial charge in [0.2, 0.25) is 0 Å². The van der Waals surface area contributed by atoms with Crippen LogP contribution in [0.3, 0.4) is 0 Å². The lowest BCUT2D eigenvalue weighted by atomic mass is 10.1. The van der Waals surface area contributed by atoms with Crippen LogP contribution in [-0.4, -0.2) is 14.9 Å². The largest absolute Gasteiger partial charge is 0.392 e. The molecule has 2 rings (SSSR count). The highest BCUT2D eigenvalue weighted by molar-refractivity contribution is 7.99. The van der Waals surface area contributed by atoms with Gasteiger partial charge in [-0.3, -0.25) is 4.79 Å². The molecule has 2 aromatic rings. The summed E-state index contributed by atoms with van der Waals surface area (Å²) >= 11 is 13.7. The molecule has 0 spiro atoms. The number of benzene rings is 1. The predicted molar refractivity (Wildman–Crippen MR) is 90.1 cm³/mol. The Bertz CT molecular complexity index is 737. The first-order chi connectivity index (χ1) is 10.3. The van der Waals surface area contributed by atoms with Crippen molar-refractivity contribution in [2.75, 3.05) is 0 Å². The fourth-order valence-electron chi connectivity index (χ4n) is 1.97. The summed E-state index contributed by atoms with van der Waals surface area (Å²) in [6.45, 7) is 3.79. The number of halogens is 2. The molecular formula is C15H16Cl2N2O2S. The minimum absolute atomic E-state index is 0.101. The highest BCUT2D eigenvalue weighted by Gasteiger charge is 2.14. The lowest BCUT2D eigenvalue weighted by Crippen LogP contribution is -2.24. The predicted octanol–water partition coefficient (Wildman–Crippen LogP) is 3.85. The molecule has 0 radical (unpaired) electrons. The van der Waals surface area contributed by atoms with Crippen LogP contribution in [-0.2, 0) is 13.7 Å². The molecule has 0 saturated heterocycles. The van der Waals surface area contributed by atoms with Gasteiger partial charge < -0.3 is 5.11 Å². The summed E-state index contributed by atoms with van der Waals surface area (Å²) in [5.74, 6) is 0.101. The molecule has 22 heavy (non-hydrogen) atoms. The van der Waals surface area contributed by atoms with Gasteiger partial charge in [-0.15, -0.1) is 0 Å². The van der Waals surface area contributed by atoms with Crippen molar-refractivity contribution in [3.8, 4) is 0 Å². The van der Waals surface area contributed by atoms with Crippen molar-refractivity contribution in [2.45, 2.75) is 36.3 Å². The van der Waals surface area contributed by atoms with Crippen molar-refractivity contribution >= 4 is 35.0 Å². The van der Waals surface area contributed by atoms with Crippen molar-refractivity contribution < 1.29 is 5.11 Å². The summed E-state index contributed by atoms with van der Waals surface area (Å²) in [5.41, 5.74) is 1.24. The highest BCUT2D eigenvalue weighted by Crippen LogP contribution is 2.38. The average molecular weight is 359 g/mol. The smallest absolute Gasteiger partial charge is 0.270 e. The van der Waals surface area contributed by atoms with Crippen LogP contribution in [0.2, 0.25) is 10.0 Å². The van der Waals surface area contributed by atoms with E-state index < -0.39 is 0 Å². The Labute approximate surface area is 143 Å². The van der Waals surface area contributed by atoms with Crippen molar-refractivity contribution in [1.82, 2.24) is 9.78 Å². The molecular weight excluding hydrogens is 343 g/mol. The van der Waals surface area contributed by atoms with Crippen LogP contribution in [0.5, 0.6) is 0 Å². The normalized spacial score (nSPS) is 11.2. The zero-order valence-corrected chi connectivity index (χ0v) is 14.8. The molecule has 1 aromatic carbocycles. The molecule has 0 saturated carbocycles. The van der Waals surface area contributed by atoms with E-state index in [4.69, 9.17) is 28.3 Å². The quantitative estimate of drug-likeness (QED) is 0.901. The Kier molecular flexibility index (Phi) is 5.55. The van der Waals surface area contributed by atoms with Gasteiger partial charge in [0.25, 0.3) is 5.56 Å². The van der Waals surface area contributed by atoms with Gasteiger partial charge in [0.15, 0.2) is 0 Å². The minimum Gasteiger partial charge on any atom is -0.392 e. The number of aryl methyl sites for hydroxylation is 1. The van der Waals surface area contributed by atoms with Crippen LogP contribution in [0, 0.1) is 0 Å². The van der Waals surface area contributed by atoms with Crippen molar-refractivity contribution in [1.29, 1.82) is 0 Å². The average Bonchev–Trinajstić information content (AvgIpc) is 2.45. The van der Waals surface area contributed by atoms with Gasteiger partial charge >= 0.3 is 0 Å². The number of hydrogen-bond acceptors (Lipinski definition) is 4. The number of aliphatic hydroxyl groups is 1. The molecule has 0 aliphatic rings. The van der Waals surface area contributed by atoms with E-state index in [-0.39, 0.29) is 18.1 Å². The first kappa shape index (κ1) is 17.3. The van der Waals surface area contributed by atoms with E-state index >= 15 is 0 Å². The Balaban J connectivity index is 2.46. The summed E-state index contributed by atoms with van der Waals surface area (Å²) < 4.78 is 1.32. The lowest BCUT2D eigenvalue weighted by molar-refractivity contribution is 0.282. The maximum Gasteiger partial charge on any atom is 0.270 e. The summed E-state index contributed by atoms with van der Waals surface area (Å²) in [7, 11) is 1.62. The summed E-state index contributed by atoms with van der Waals surface area (Å²) in [6, 6.07) is 5.10. The van der Waals surface area contributed by atoms with E-state index in [9.17, 15) is 4.79 Å². The third-order valence-electron chi connectivity index (χ3n) is 3.14. The molecule has 0 bridgehead atoms. The number of aromatic nitrogens is 2. The molecule has 1 aromatic heterocycles. The molecule has 1 N–H and O–H groups in total. The van der Waals surface area contributed by atoms with Crippen molar-refractivity contribution in [2.24, 2.45) is 7.05 Å². The maximum atomic E-state index is 12.0. The standard InChI is InChI=1S/C15H16Cl2N2O2S/c1-8(2)10-6-13(18-19(3)15(10)21)22-14-11(16)4-9(7-20)5-12(14)17/h4-6,8,20H,7H2,1-3H3. The molecule has 118 valence electrons. The van der Waals surface area contributed by atoms with Gasteiger partial charge in [-0.1, -0.05) is 48.8 Å². The molecule has 0 atom stereocenters. The molecule has 1 heterocycles. The van der Waals surface area contributed by atoms with E-state index in [1.165, 1.54) is 16.4 Å². The van der Waals surface area contributed by atoms with Crippen LogP contribution < -0.4 is 5.56 Å². The molecule has 0 fully saturated rings. The van der Waals surface area contributed by atoms with Crippen LogP contribution in [0.15, 0.2) is 32.9 Å². The van der Waals surface area contributed by atoms with Crippen molar-refractivity contribution in [3.63, 3.8) is 0 Å². The van der Waals surface area contributed by atoms with E-state index in [1.54, 1.807) is 25.2 Å². The van der Waals surface area contributed by atoms with Gasteiger partial charge in [-0.2, -0.15) is 5.10 Å². The Morgan fingerprint density at radius 1 is 1.27 bits per heavy atom. The van der Waals surface area contributed by atoms with Crippen LogP contribution in [0.1, 0.15) is 30.9 Å². The van der Waals surface area contributed by atoms with Gasteiger partial charge in [0.05, 0.1) is 21.5 Å². The molecule has 0 aliphatic heterocycles. The highest BCUT2D eigenvalue weighted by atomic mass is 35.5. The fourth-order valence-corrected chi connectivity index (χ4v) is 3.61. The second kappa shape index (κ2) is 7.04. The number of hydrogen-bond donors (Lipinski definition) is 1. The molecule has 7 heteroatoms.